The van der Waals surface area contributed by atoms with Gasteiger partial charge in [-0.15, -0.1) is 0 Å². The Balaban J connectivity index is 1.50. The van der Waals surface area contributed by atoms with Crippen LogP contribution in [0.1, 0.15) is 32.0 Å². The first-order valence-electron chi connectivity index (χ1n) is 10.1. The molecule has 2 heterocycles. The fourth-order valence-electron chi connectivity index (χ4n) is 3.61. The molecule has 3 aromatic rings. The number of thioether (sulfide) groups is 1. The number of benzene rings is 2. The van der Waals surface area contributed by atoms with Crippen molar-refractivity contribution < 1.29 is 9.53 Å². The highest BCUT2D eigenvalue weighted by Gasteiger charge is 2.23. The smallest absolute Gasteiger partial charge is 0.233 e. The zero-order valence-electron chi connectivity index (χ0n) is 16.6. The molecule has 0 aliphatic carbocycles. The molecule has 1 fully saturated rings. The molecule has 2 aromatic carbocycles. The van der Waals surface area contributed by atoms with Gasteiger partial charge in [0.25, 0.3) is 0 Å². The fourth-order valence-corrected chi connectivity index (χ4v) is 4.54. The lowest BCUT2D eigenvalue weighted by molar-refractivity contribution is -0.131. The average molecular weight is 408 g/mol. The molecule has 0 radical (unpaired) electrons. The highest BCUT2D eigenvalue weighted by Crippen LogP contribution is 2.27. The number of para-hydroxylation sites is 2. The SMILES string of the molecule is C[C@@H]1CCCCN1C(=O)CSc1nc(COc2ccccc2)nc2ccccc12. The van der Waals surface area contributed by atoms with Crippen molar-refractivity contribution in [2.75, 3.05) is 12.3 Å². The third kappa shape index (κ3) is 4.88. The Labute approximate surface area is 175 Å². The summed E-state index contributed by atoms with van der Waals surface area (Å²) in [4.78, 5) is 24.1. The van der Waals surface area contributed by atoms with Gasteiger partial charge >= 0.3 is 0 Å². The Morgan fingerprint density at radius 2 is 1.90 bits per heavy atom. The summed E-state index contributed by atoms with van der Waals surface area (Å²) >= 11 is 1.49. The van der Waals surface area contributed by atoms with E-state index in [1.807, 2.05) is 59.5 Å². The Hall–Kier alpha value is -2.60. The van der Waals surface area contributed by atoms with Gasteiger partial charge < -0.3 is 9.64 Å². The largest absolute Gasteiger partial charge is 0.486 e. The van der Waals surface area contributed by atoms with Crippen molar-refractivity contribution in [1.82, 2.24) is 14.9 Å². The standard InChI is InChI=1S/C23H25N3O2S/c1-17-9-7-8-14-26(17)22(27)16-29-23-19-12-5-6-13-20(19)24-21(25-23)15-28-18-10-3-2-4-11-18/h2-6,10-13,17H,7-9,14-16H2,1H3/t17-/m1/s1. The summed E-state index contributed by atoms with van der Waals surface area (Å²) in [6, 6.07) is 17.9. The van der Waals surface area contributed by atoms with Gasteiger partial charge in [0.1, 0.15) is 17.4 Å². The molecule has 4 rings (SSSR count). The van der Waals surface area contributed by atoms with Crippen molar-refractivity contribution in [3.8, 4) is 5.75 Å². The van der Waals surface area contributed by atoms with Gasteiger partial charge in [-0.2, -0.15) is 0 Å². The van der Waals surface area contributed by atoms with Crippen LogP contribution in [-0.2, 0) is 11.4 Å². The normalized spacial score (nSPS) is 16.7. The molecule has 1 saturated heterocycles. The first-order valence-corrected chi connectivity index (χ1v) is 11.0. The van der Waals surface area contributed by atoms with E-state index < -0.39 is 0 Å². The van der Waals surface area contributed by atoms with Crippen LogP contribution in [0, 0.1) is 0 Å². The number of carbonyl (C=O) groups is 1. The van der Waals surface area contributed by atoms with E-state index in [9.17, 15) is 4.79 Å². The maximum absolute atomic E-state index is 12.8. The quantitative estimate of drug-likeness (QED) is 0.438. The summed E-state index contributed by atoms with van der Waals surface area (Å²) in [7, 11) is 0. The van der Waals surface area contributed by atoms with Crippen LogP contribution in [0.4, 0.5) is 0 Å². The van der Waals surface area contributed by atoms with Gasteiger partial charge in [-0.3, -0.25) is 4.79 Å². The number of ether oxygens (including phenoxy) is 1. The molecule has 1 aliphatic rings. The van der Waals surface area contributed by atoms with Gasteiger partial charge in [0.2, 0.25) is 5.91 Å². The molecule has 0 N–H and O–H groups in total. The van der Waals surface area contributed by atoms with Crippen LogP contribution in [-0.4, -0.2) is 39.1 Å². The van der Waals surface area contributed by atoms with E-state index in [0.717, 1.165) is 41.1 Å². The molecule has 1 aliphatic heterocycles. The van der Waals surface area contributed by atoms with Crippen LogP contribution in [0.2, 0.25) is 0 Å². The number of aromatic nitrogens is 2. The lowest BCUT2D eigenvalue weighted by Gasteiger charge is -2.33. The third-order valence-corrected chi connectivity index (χ3v) is 6.16. The summed E-state index contributed by atoms with van der Waals surface area (Å²) < 4.78 is 5.82. The predicted octanol–water partition coefficient (Wildman–Crippen LogP) is 4.70. The maximum Gasteiger partial charge on any atom is 0.233 e. The highest BCUT2D eigenvalue weighted by atomic mass is 32.2. The van der Waals surface area contributed by atoms with Crippen LogP contribution < -0.4 is 4.74 Å². The molecule has 0 bridgehead atoms. The molecule has 1 aromatic heterocycles. The van der Waals surface area contributed by atoms with Gasteiger partial charge in [0, 0.05) is 18.0 Å². The second-order valence-corrected chi connectivity index (χ2v) is 8.25. The summed E-state index contributed by atoms with van der Waals surface area (Å²) in [5.41, 5.74) is 0.871. The number of hydrogen-bond donors (Lipinski definition) is 0. The van der Waals surface area contributed by atoms with E-state index in [0.29, 0.717) is 24.2 Å². The second kappa shape index (κ2) is 9.27. The number of hydrogen-bond acceptors (Lipinski definition) is 5. The minimum absolute atomic E-state index is 0.187. The maximum atomic E-state index is 12.8. The van der Waals surface area contributed by atoms with Crippen molar-refractivity contribution in [2.45, 2.75) is 43.9 Å². The van der Waals surface area contributed by atoms with Gasteiger partial charge in [-0.25, -0.2) is 9.97 Å². The van der Waals surface area contributed by atoms with Crippen LogP contribution in [0.25, 0.3) is 10.9 Å². The van der Waals surface area contributed by atoms with Crippen molar-refractivity contribution in [2.24, 2.45) is 0 Å². The van der Waals surface area contributed by atoms with E-state index in [4.69, 9.17) is 9.72 Å². The van der Waals surface area contributed by atoms with Crippen molar-refractivity contribution in [3.63, 3.8) is 0 Å². The Morgan fingerprint density at radius 3 is 2.72 bits per heavy atom. The van der Waals surface area contributed by atoms with Gasteiger partial charge in [0.05, 0.1) is 11.3 Å². The van der Waals surface area contributed by atoms with Gasteiger partial charge in [0.15, 0.2) is 5.82 Å². The second-order valence-electron chi connectivity index (χ2n) is 7.28. The number of piperidine rings is 1. The number of amides is 1. The molecule has 5 nitrogen and oxygen atoms in total. The number of nitrogens with zero attached hydrogens (tertiary/aromatic N) is 3. The monoisotopic (exact) mass is 407 g/mol. The van der Waals surface area contributed by atoms with Crippen LogP contribution in [0.5, 0.6) is 5.75 Å². The van der Waals surface area contributed by atoms with E-state index in [-0.39, 0.29) is 5.91 Å². The Morgan fingerprint density at radius 1 is 1.10 bits per heavy atom. The summed E-state index contributed by atoms with van der Waals surface area (Å²) in [6.45, 7) is 3.29. The molecule has 6 heteroatoms. The lowest BCUT2D eigenvalue weighted by atomic mass is 10.0. The highest BCUT2D eigenvalue weighted by molar-refractivity contribution is 8.00. The number of likely N-dealkylation sites (tertiary alicyclic amines) is 1. The van der Waals surface area contributed by atoms with Gasteiger partial charge in [-0.05, 0) is 44.4 Å². The van der Waals surface area contributed by atoms with Crippen molar-refractivity contribution >= 4 is 28.6 Å². The fraction of sp³-hybridized carbons (Fsp3) is 0.348. The molecule has 0 unspecified atom stereocenters. The molecular formula is C23H25N3O2S. The minimum atomic E-state index is 0.187. The van der Waals surface area contributed by atoms with E-state index in [2.05, 4.69) is 11.9 Å². The predicted molar refractivity (Wildman–Crippen MR) is 116 cm³/mol. The molecule has 1 atom stereocenters. The Kier molecular flexibility index (Phi) is 6.30. The van der Waals surface area contributed by atoms with E-state index in [1.54, 1.807) is 0 Å². The van der Waals surface area contributed by atoms with Crippen LogP contribution in [0.15, 0.2) is 59.6 Å². The molecule has 1 amide bonds. The zero-order chi connectivity index (χ0) is 20.1. The molecule has 0 spiro atoms. The molecule has 0 saturated carbocycles. The number of carbonyl (C=O) groups excluding carboxylic acids is 1. The number of rotatable bonds is 6. The third-order valence-electron chi connectivity index (χ3n) is 5.18. The van der Waals surface area contributed by atoms with Crippen LogP contribution >= 0.6 is 11.8 Å². The molecular weight excluding hydrogens is 382 g/mol. The van der Waals surface area contributed by atoms with Crippen molar-refractivity contribution in [3.05, 3.63) is 60.4 Å². The summed E-state index contributed by atoms with van der Waals surface area (Å²) in [5, 5.41) is 1.81. The van der Waals surface area contributed by atoms with E-state index >= 15 is 0 Å². The topological polar surface area (TPSA) is 55.3 Å². The Bertz CT molecular complexity index is 980. The lowest BCUT2D eigenvalue weighted by Crippen LogP contribution is -2.42. The molecule has 150 valence electrons. The number of fused-ring (bicyclic) bond motifs is 1. The minimum Gasteiger partial charge on any atom is -0.486 e. The summed E-state index contributed by atoms with van der Waals surface area (Å²) in [5.74, 6) is 1.98. The van der Waals surface area contributed by atoms with E-state index in [1.165, 1.54) is 18.2 Å². The zero-order valence-corrected chi connectivity index (χ0v) is 17.4. The first kappa shape index (κ1) is 19.7. The first-order chi connectivity index (χ1) is 14.2. The van der Waals surface area contributed by atoms with Gasteiger partial charge in [-0.1, -0.05) is 48.2 Å². The van der Waals surface area contributed by atoms with Crippen LogP contribution in [0.3, 0.4) is 0 Å². The average Bonchev–Trinajstić information content (AvgIpc) is 2.77. The summed E-state index contributed by atoms with van der Waals surface area (Å²) in [6.07, 6.45) is 3.39. The van der Waals surface area contributed by atoms with Crippen molar-refractivity contribution in [1.29, 1.82) is 0 Å². The molecule has 29 heavy (non-hydrogen) atoms.